The molecule has 0 saturated carbocycles. The first-order valence-electron chi connectivity index (χ1n) is 7.53. The van der Waals surface area contributed by atoms with Crippen LogP contribution in [0.15, 0.2) is 29.8 Å². The van der Waals surface area contributed by atoms with Crippen molar-refractivity contribution in [3.63, 3.8) is 0 Å². The molecule has 1 atom stereocenters. The van der Waals surface area contributed by atoms with Crippen molar-refractivity contribution in [2.24, 2.45) is 0 Å². The number of rotatable bonds is 8. The topological polar surface area (TPSA) is 34.1 Å². The Hall–Kier alpha value is -1.39. The Morgan fingerprint density at radius 1 is 1.29 bits per heavy atom. The van der Waals surface area contributed by atoms with E-state index in [2.05, 4.69) is 48.4 Å². The molecule has 21 heavy (non-hydrogen) atoms. The summed E-state index contributed by atoms with van der Waals surface area (Å²) in [5.41, 5.74) is 4.36. The fourth-order valence-electron chi connectivity index (χ4n) is 2.32. The van der Waals surface area contributed by atoms with Crippen LogP contribution in [0.4, 0.5) is 0 Å². The second kappa shape index (κ2) is 8.15. The van der Waals surface area contributed by atoms with Crippen LogP contribution in [0.5, 0.6) is 5.75 Å². The molecule has 1 unspecified atom stereocenters. The first-order chi connectivity index (χ1) is 10.2. The Morgan fingerprint density at radius 3 is 2.67 bits per heavy atom. The zero-order chi connectivity index (χ0) is 15.1. The quantitative estimate of drug-likeness (QED) is 0.809. The third-order valence-electron chi connectivity index (χ3n) is 3.46. The lowest BCUT2D eigenvalue weighted by Crippen LogP contribution is -2.27. The third kappa shape index (κ3) is 5.14. The molecular formula is C17H24N2OS. The smallest absolute Gasteiger partial charge is 0.119 e. The molecule has 0 fully saturated rings. The van der Waals surface area contributed by atoms with Crippen LogP contribution >= 0.6 is 11.3 Å². The highest BCUT2D eigenvalue weighted by molar-refractivity contribution is 7.09. The van der Waals surface area contributed by atoms with E-state index in [1.165, 1.54) is 10.4 Å². The van der Waals surface area contributed by atoms with Crippen molar-refractivity contribution in [1.29, 1.82) is 0 Å². The van der Waals surface area contributed by atoms with Crippen molar-refractivity contribution in [3.8, 4) is 5.75 Å². The van der Waals surface area contributed by atoms with Crippen LogP contribution in [0.3, 0.4) is 0 Å². The van der Waals surface area contributed by atoms with Gasteiger partial charge < -0.3 is 10.1 Å². The summed E-state index contributed by atoms with van der Waals surface area (Å²) >= 11 is 1.70. The molecule has 0 aliphatic carbocycles. The van der Waals surface area contributed by atoms with Gasteiger partial charge in [0.15, 0.2) is 0 Å². The lowest BCUT2D eigenvalue weighted by atomic mass is 10.1. The average molecular weight is 304 g/mol. The maximum Gasteiger partial charge on any atom is 0.119 e. The molecule has 2 aromatic rings. The van der Waals surface area contributed by atoms with Crippen molar-refractivity contribution in [2.45, 2.75) is 39.7 Å². The highest BCUT2D eigenvalue weighted by atomic mass is 32.1. The fraction of sp³-hybridized carbons (Fsp3) is 0.471. The van der Waals surface area contributed by atoms with Gasteiger partial charge in [0.25, 0.3) is 0 Å². The number of nitrogens with one attached hydrogen (secondary N) is 1. The van der Waals surface area contributed by atoms with Crippen molar-refractivity contribution in [2.75, 3.05) is 13.2 Å². The molecule has 4 heteroatoms. The summed E-state index contributed by atoms with van der Waals surface area (Å²) in [7, 11) is 0. The van der Waals surface area contributed by atoms with E-state index in [1.807, 2.05) is 12.4 Å². The highest BCUT2D eigenvalue weighted by Crippen LogP contribution is 2.16. The maximum absolute atomic E-state index is 5.81. The monoisotopic (exact) mass is 304 g/mol. The molecule has 1 N–H and O–H groups in total. The van der Waals surface area contributed by atoms with Crippen molar-refractivity contribution in [1.82, 2.24) is 10.3 Å². The molecule has 0 aliphatic heterocycles. The minimum atomic E-state index is 0.510. The number of aryl methyl sites for hydroxylation is 1. The van der Waals surface area contributed by atoms with Gasteiger partial charge >= 0.3 is 0 Å². The van der Waals surface area contributed by atoms with E-state index in [9.17, 15) is 0 Å². The highest BCUT2D eigenvalue weighted by Gasteiger charge is 2.04. The van der Waals surface area contributed by atoms with Gasteiger partial charge in [-0.05, 0) is 44.5 Å². The molecule has 1 aromatic heterocycles. The van der Waals surface area contributed by atoms with Crippen LogP contribution < -0.4 is 10.1 Å². The van der Waals surface area contributed by atoms with Crippen molar-refractivity contribution in [3.05, 3.63) is 45.9 Å². The lowest BCUT2D eigenvalue weighted by molar-refractivity contribution is 0.322. The van der Waals surface area contributed by atoms with Crippen molar-refractivity contribution < 1.29 is 4.74 Å². The van der Waals surface area contributed by atoms with Crippen molar-refractivity contribution >= 4 is 11.3 Å². The molecule has 2 rings (SSSR count). The lowest BCUT2D eigenvalue weighted by Gasteiger charge is -2.12. The van der Waals surface area contributed by atoms with Crippen LogP contribution in [0.25, 0.3) is 0 Å². The standard InChI is InChI=1S/C17H24N2OS/c1-4-18-13(2)11-15-5-7-16(8-6-15)20-10-9-17-14(3)19-12-21-17/h5-8,12-13,18H,4,9-11H2,1-3H3. The number of likely N-dealkylation sites (N-methyl/N-ethyl adjacent to an activating group) is 1. The predicted molar refractivity (Wildman–Crippen MR) is 89.3 cm³/mol. The Kier molecular flexibility index (Phi) is 6.21. The zero-order valence-corrected chi connectivity index (χ0v) is 13.9. The van der Waals surface area contributed by atoms with Crippen LogP contribution in [0.2, 0.25) is 0 Å². The Bertz CT molecular complexity index is 536. The van der Waals surface area contributed by atoms with E-state index < -0.39 is 0 Å². The maximum atomic E-state index is 5.81. The Labute approximate surface area is 131 Å². The molecule has 0 spiro atoms. The normalized spacial score (nSPS) is 12.3. The van der Waals surface area contributed by atoms with Crippen LogP contribution in [-0.2, 0) is 12.8 Å². The number of hydrogen-bond acceptors (Lipinski definition) is 4. The minimum Gasteiger partial charge on any atom is -0.493 e. The molecule has 1 heterocycles. The zero-order valence-electron chi connectivity index (χ0n) is 13.1. The van der Waals surface area contributed by atoms with E-state index in [0.717, 1.165) is 30.8 Å². The molecule has 1 aromatic carbocycles. The number of hydrogen-bond donors (Lipinski definition) is 1. The van der Waals surface area contributed by atoms with Gasteiger partial charge in [0.2, 0.25) is 0 Å². The second-order valence-electron chi connectivity index (χ2n) is 5.27. The van der Waals surface area contributed by atoms with Crippen LogP contribution in [-0.4, -0.2) is 24.2 Å². The SMILES string of the molecule is CCNC(C)Cc1ccc(OCCc2scnc2C)cc1. The summed E-state index contributed by atoms with van der Waals surface area (Å²) in [6, 6.07) is 8.94. The molecule has 114 valence electrons. The summed E-state index contributed by atoms with van der Waals surface area (Å²) in [5, 5.41) is 3.43. The van der Waals surface area contributed by atoms with Gasteiger partial charge in [-0.25, -0.2) is 4.98 Å². The summed E-state index contributed by atoms with van der Waals surface area (Å²) in [6.07, 6.45) is 1.98. The largest absolute Gasteiger partial charge is 0.493 e. The molecule has 0 amide bonds. The second-order valence-corrected chi connectivity index (χ2v) is 6.21. The van der Waals surface area contributed by atoms with Crippen LogP contribution in [0.1, 0.15) is 30.0 Å². The number of ether oxygens (including phenoxy) is 1. The summed E-state index contributed by atoms with van der Waals surface area (Å²) in [5.74, 6) is 0.942. The Balaban J connectivity index is 1.78. The van der Waals surface area contributed by atoms with Crippen LogP contribution in [0, 0.1) is 6.92 Å². The van der Waals surface area contributed by atoms with Gasteiger partial charge in [-0.15, -0.1) is 11.3 Å². The van der Waals surface area contributed by atoms with Gasteiger partial charge in [-0.2, -0.15) is 0 Å². The molecule has 0 aliphatic rings. The summed E-state index contributed by atoms with van der Waals surface area (Å²) < 4.78 is 5.81. The van der Waals surface area contributed by atoms with Gasteiger partial charge in [-0.1, -0.05) is 19.1 Å². The van der Waals surface area contributed by atoms with Gasteiger partial charge in [-0.3, -0.25) is 0 Å². The molecule has 0 bridgehead atoms. The predicted octanol–water partition coefficient (Wildman–Crippen LogP) is 3.61. The molecule has 3 nitrogen and oxygen atoms in total. The first kappa shape index (κ1) is 16.0. The Morgan fingerprint density at radius 2 is 2.05 bits per heavy atom. The minimum absolute atomic E-state index is 0.510. The molecule has 0 radical (unpaired) electrons. The molecule has 0 saturated heterocycles. The summed E-state index contributed by atoms with van der Waals surface area (Å²) in [6.45, 7) is 8.12. The number of aromatic nitrogens is 1. The molecular weight excluding hydrogens is 280 g/mol. The number of nitrogens with zero attached hydrogens (tertiary/aromatic N) is 1. The number of thiazole rings is 1. The van der Waals surface area contributed by atoms with E-state index in [-0.39, 0.29) is 0 Å². The first-order valence-corrected chi connectivity index (χ1v) is 8.41. The average Bonchev–Trinajstić information content (AvgIpc) is 2.87. The third-order valence-corrected chi connectivity index (χ3v) is 4.46. The van der Waals surface area contributed by atoms with E-state index >= 15 is 0 Å². The fourth-order valence-corrected chi connectivity index (χ4v) is 3.09. The summed E-state index contributed by atoms with van der Waals surface area (Å²) in [4.78, 5) is 5.56. The van der Waals surface area contributed by atoms with E-state index in [4.69, 9.17) is 4.74 Å². The van der Waals surface area contributed by atoms with E-state index in [0.29, 0.717) is 12.6 Å². The van der Waals surface area contributed by atoms with Gasteiger partial charge in [0.05, 0.1) is 17.8 Å². The van der Waals surface area contributed by atoms with E-state index in [1.54, 1.807) is 11.3 Å². The van der Waals surface area contributed by atoms with Gasteiger partial charge in [0, 0.05) is 17.3 Å². The van der Waals surface area contributed by atoms with Gasteiger partial charge in [0.1, 0.15) is 5.75 Å². The number of benzene rings is 1.